The molecule has 0 bridgehead atoms. The lowest BCUT2D eigenvalue weighted by molar-refractivity contribution is 0.0929. The molecular weight excluding hydrogens is 306 g/mol. The summed E-state index contributed by atoms with van der Waals surface area (Å²) in [6.07, 6.45) is 3.97. The molecule has 4 nitrogen and oxygen atoms in total. The number of amides is 1. The minimum absolute atomic E-state index is 0.0319. The van der Waals surface area contributed by atoms with E-state index in [9.17, 15) is 4.79 Å². The van der Waals surface area contributed by atoms with Crippen LogP contribution in [0.2, 0.25) is 5.02 Å². The van der Waals surface area contributed by atoms with Crippen LogP contribution in [0.1, 0.15) is 34.2 Å². The van der Waals surface area contributed by atoms with Gasteiger partial charge in [-0.25, -0.2) is 4.98 Å². The molecule has 108 valence electrons. The summed E-state index contributed by atoms with van der Waals surface area (Å²) in [7, 11) is 0. The average molecular weight is 320 g/mol. The Hall–Kier alpha value is -1.59. The van der Waals surface area contributed by atoms with Crippen LogP contribution in [0.15, 0.2) is 35.5 Å². The van der Waals surface area contributed by atoms with Gasteiger partial charge in [-0.2, -0.15) is 0 Å². The van der Waals surface area contributed by atoms with E-state index in [1.54, 1.807) is 18.0 Å². The topological polar surface area (TPSA) is 54.9 Å². The molecule has 1 aliphatic heterocycles. The number of benzene rings is 1. The van der Waals surface area contributed by atoms with Crippen LogP contribution in [0.4, 0.5) is 0 Å². The van der Waals surface area contributed by atoms with Gasteiger partial charge in [0.25, 0.3) is 5.91 Å². The molecule has 1 aromatic carbocycles. The van der Waals surface area contributed by atoms with E-state index in [0.717, 1.165) is 23.4 Å². The second-order valence-electron chi connectivity index (χ2n) is 4.89. The maximum atomic E-state index is 12.3. The van der Waals surface area contributed by atoms with Gasteiger partial charge in [0.1, 0.15) is 5.69 Å². The van der Waals surface area contributed by atoms with Crippen molar-refractivity contribution in [2.45, 2.75) is 24.3 Å². The number of hydrogen-bond donors (Lipinski definition) is 1. The Morgan fingerprint density at radius 2 is 2.24 bits per heavy atom. The summed E-state index contributed by atoms with van der Waals surface area (Å²) < 4.78 is 0. The quantitative estimate of drug-likeness (QED) is 0.921. The molecule has 2 heterocycles. The smallest absolute Gasteiger partial charge is 0.271 e. The van der Waals surface area contributed by atoms with Gasteiger partial charge in [0.2, 0.25) is 0 Å². The van der Waals surface area contributed by atoms with E-state index < -0.39 is 0 Å². The fourth-order valence-corrected chi connectivity index (χ4v) is 3.54. The number of thioether (sulfide) groups is 1. The molecule has 2 aromatic rings. The third-order valence-electron chi connectivity index (χ3n) is 3.33. The first kappa shape index (κ1) is 14.4. The van der Waals surface area contributed by atoms with Crippen LogP contribution < -0.4 is 5.32 Å². The molecule has 0 aliphatic carbocycles. The predicted molar refractivity (Wildman–Crippen MR) is 83.8 cm³/mol. The van der Waals surface area contributed by atoms with Gasteiger partial charge >= 0.3 is 0 Å². The van der Waals surface area contributed by atoms with Gasteiger partial charge in [0.05, 0.1) is 17.9 Å². The largest absolute Gasteiger partial charge is 0.344 e. The Balaban J connectivity index is 1.81. The second kappa shape index (κ2) is 6.03. The molecule has 1 unspecified atom stereocenters. The van der Waals surface area contributed by atoms with E-state index >= 15 is 0 Å². The SMILES string of the molecule is Cc1cnc(C(=O)NC2CCSc3ccc(Cl)cc32)cn1. The summed E-state index contributed by atoms with van der Waals surface area (Å²) in [6, 6.07) is 5.78. The third kappa shape index (κ3) is 3.19. The minimum atomic E-state index is -0.203. The molecule has 0 spiro atoms. The van der Waals surface area contributed by atoms with Gasteiger partial charge in [-0.3, -0.25) is 9.78 Å². The molecule has 0 saturated carbocycles. The lowest BCUT2D eigenvalue weighted by atomic mass is 10.0. The summed E-state index contributed by atoms with van der Waals surface area (Å²) in [6.45, 7) is 1.84. The van der Waals surface area contributed by atoms with Crippen molar-refractivity contribution < 1.29 is 4.79 Å². The molecule has 1 N–H and O–H groups in total. The summed E-state index contributed by atoms with van der Waals surface area (Å²) >= 11 is 7.86. The molecule has 1 amide bonds. The molecule has 3 rings (SSSR count). The second-order valence-corrected chi connectivity index (χ2v) is 6.46. The van der Waals surface area contributed by atoms with Crippen LogP contribution in [0.3, 0.4) is 0 Å². The lowest BCUT2D eigenvalue weighted by Crippen LogP contribution is -2.31. The monoisotopic (exact) mass is 319 g/mol. The van der Waals surface area contributed by atoms with E-state index in [2.05, 4.69) is 15.3 Å². The van der Waals surface area contributed by atoms with Gasteiger partial charge in [-0.15, -0.1) is 11.8 Å². The molecule has 6 heteroatoms. The van der Waals surface area contributed by atoms with Crippen LogP contribution in [-0.4, -0.2) is 21.6 Å². The number of carbonyl (C=O) groups excluding carboxylic acids is 1. The number of aryl methyl sites for hydroxylation is 1. The normalized spacial score (nSPS) is 17.1. The number of nitrogens with zero attached hydrogens (tertiary/aromatic N) is 2. The first-order chi connectivity index (χ1) is 10.1. The number of hydrogen-bond acceptors (Lipinski definition) is 4. The van der Waals surface area contributed by atoms with Crippen molar-refractivity contribution in [3.63, 3.8) is 0 Å². The zero-order chi connectivity index (χ0) is 14.8. The Bertz CT molecular complexity index is 675. The zero-order valence-corrected chi connectivity index (χ0v) is 13.0. The van der Waals surface area contributed by atoms with Gasteiger partial charge in [0.15, 0.2) is 0 Å². The average Bonchev–Trinajstić information content (AvgIpc) is 2.48. The first-order valence-electron chi connectivity index (χ1n) is 6.65. The number of halogens is 1. The van der Waals surface area contributed by atoms with Crippen molar-refractivity contribution in [1.82, 2.24) is 15.3 Å². The molecule has 0 saturated heterocycles. The molecular formula is C15H14ClN3OS. The fraction of sp³-hybridized carbons (Fsp3) is 0.267. The van der Waals surface area contributed by atoms with Crippen LogP contribution in [0.5, 0.6) is 0 Å². The molecule has 0 fully saturated rings. The predicted octanol–water partition coefficient (Wildman–Crippen LogP) is 3.41. The Morgan fingerprint density at radius 1 is 1.38 bits per heavy atom. The highest BCUT2D eigenvalue weighted by atomic mass is 35.5. The van der Waals surface area contributed by atoms with Gasteiger partial charge < -0.3 is 5.32 Å². The van der Waals surface area contributed by atoms with Crippen LogP contribution in [0.25, 0.3) is 0 Å². The van der Waals surface area contributed by atoms with Crippen molar-refractivity contribution >= 4 is 29.3 Å². The van der Waals surface area contributed by atoms with E-state index in [4.69, 9.17) is 11.6 Å². The van der Waals surface area contributed by atoms with Crippen molar-refractivity contribution in [1.29, 1.82) is 0 Å². The third-order valence-corrected chi connectivity index (χ3v) is 4.69. The molecule has 0 radical (unpaired) electrons. The maximum absolute atomic E-state index is 12.3. The highest BCUT2D eigenvalue weighted by Gasteiger charge is 2.23. The molecule has 21 heavy (non-hydrogen) atoms. The van der Waals surface area contributed by atoms with Crippen molar-refractivity contribution in [2.24, 2.45) is 0 Å². The van der Waals surface area contributed by atoms with Crippen molar-refractivity contribution in [2.75, 3.05) is 5.75 Å². The summed E-state index contributed by atoms with van der Waals surface area (Å²) in [4.78, 5) is 21.7. The number of nitrogens with one attached hydrogen (secondary N) is 1. The summed E-state index contributed by atoms with van der Waals surface area (Å²) in [5.74, 6) is 0.768. The summed E-state index contributed by atoms with van der Waals surface area (Å²) in [5, 5.41) is 3.71. The zero-order valence-electron chi connectivity index (χ0n) is 11.5. The number of rotatable bonds is 2. The number of fused-ring (bicyclic) bond motifs is 1. The standard InChI is InChI=1S/C15H14ClN3OS/c1-9-7-18-13(8-17-9)15(20)19-12-4-5-21-14-3-2-10(16)6-11(12)14/h2-3,6-8,12H,4-5H2,1H3,(H,19,20). The van der Waals surface area contributed by atoms with Crippen molar-refractivity contribution in [3.05, 3.63) is 52.6 Å². The maximum Gasteiger partial charge on any atom is 0.271 e. The minimum Gasteiger partial charge on any atom is -0.344 e. The first-order valence-corrected chi connectivity index (χ1v) is 8.01. The van der Waals surface area contributed by atoms with Crippen LogP contribution >= 0.6 is 23.4 Å². The lowest BCUT2D eigenvalue weighted by Gasteiger charge is -2.26. The van der Waals surface area contributed by atoms with E-state index in [1.165, 1.54) is 11.1 Å². The summed E-state index contributed by atoms with van der Waals surface area (Å²) in [5.41, 5.74) is 2.20. The van der Waals surface area contributed by atoms with Gasteiger partial charge in [-0.05, 0) is 37.1 Å². The van der Waals surface area contributed by atoms with Gasteiger partial charge in [-0.1, -0.05) is 11.6 Å². The Labute approximate surface area is 132 Å². The fourth-order valence-electron chi connectivity index (χ4n) is 2.26. The molecule has 1 atom stereocenters. The van der Waals surface area contributed by atoms with E-state index in [-0.39, 0.29) is 11.9 Å². The number of aromatic nitrogens is 2. The molecule has 1 aromatic heterocycles. The van der Waals surface area contributed by atoms with Gasteiger partial charge in [0, 0.05) is 21.9 Å². The Kier molecular flexibility index (Phi) is 4.12. The highest BCUT2D eigenvalue weighted by molar-refractivity contribution is 7.99. The van der Waals surface area contributed by atoms with Crippen LogP contribution in [-0.2, 0) is 0 Å². The van der Waals surface area contributed by atoms with Crippen LogP contribution in [0, 0.1) is 6.92 Å². The van der Waals surface area contributed by atoms with E-state index in [1.807, 2.05) is 25.1 Å². The molecule has 1 aliphatic rings. The highest BCUT2D eigenvalue weighted by Crippen LogP contribution is 2.37. The Morgan fingerprint density at radius 3 is 3.00 bits per heavy atom. The van der Waals surface area contributed by atoms with Crippen molar-refractivity contribution in [3.8, 4) is 0 Å². The number of carbonyl (C=O) groups is 1. The van der Waals surface area contributed by atoms with E-state index in [0.29, 0.717) is 10.7 Å².